The van der Waals surface area contributed by atoms with E-state index in [0.29, 0.717) is 6.61 Å². The monoisotopic (exact) mass is 447 g/mol. The van der Waals surface area contributed by atoms with E-state index in [2.05, 4.69) is 112 Å². The predicted molar refractivity (Wildman–Crippen MR) is 137 cm³/mol. The third-order valence-corrected chi connectivity index (χ3v) is 11.5. The number of rotatable bonds is 6. The quantitative estimate of drug-likeness (QED) is 0.427. The van der Waals surface area contributed by atoms with Gasteiger partial charge in [0.2, 0.25) is 0 Å². The largest absolute Gasteiger partial charge is 0.479 e. The van der Waals surface area contributed by atoms with Crippen molar-refractivity contribution < 1.29 is 4.74 Å². The number of hydrogen-bond acceptors (Lipinski definition) is 3. The minimum absolute atomic E-state index is 0.0864. The molecule has 0 spiro atoms. The second-order valence-electron chi connectivity index (χ2n) is 9.18. The van der Waals surface area contributed by atoms with E-state index in [4.69, 9.17) is 21.5 Å². The Morgan fingerprint density at radius 3 is 1.81 bits per heavy atom. The summed E-state index contributed by atoms with van der Waals surface area (Å²) in [5.41, 5.74) is 1.46. The van der Waals surface area contributed by atoms with Gasteiger partial charge >= 0.3 is 0 Å². The SMILES string of the molecule is CC(C)(C)[C@H]1COC(C[C@H](c2ccccc2)P(=S)(c2ccccc2)c2ccccc2)=N1. The summed E-state index contributed by atoms with van der Waals surface area (Å²) in [5.74, 6) is 0.842. The average molecular weight is 448 g/mol. The molecule has 3 aromatic rings. The molecule has 31 heavy (non-hydrogen) atoms. The van der Waals surface area contributed by atoms with E-state index in [1.54, 1.807) is 0 Å². The molecule has 0 bridgehead atoms. The predicted octanol–water partition coefficient (Wildman–Crippen LogP) is 6.09. The zero-order valence-electron chi connectivity index (χ0n) is 18.4. The zero-order chi connectivity index (χ0) is 21.9. The van der Waals surface area contributed by atoms with Crippen molar-refractivity contribution in [1.82, 2.24) is 0 Å². The Bertz CT molecular complexity index is 1030. The van der Waals surface area contributed by atoms with Gasteiger partial charge in [-0.1, -0.05) is 124 Å². The van der Waals surface area contributed by atoms with Crippen molar-refractivity contribution in [1.29, 1.82) is 0 Å². The molecule has 160 valence electrons. The highest BCUT2D eigenvalue weighted by atomic mass is 32.4. The highest BCUT2D eigenvalue weighted by molar-refractivity contribution is 8.22. The zero-order valence-corrected chi connectivity index (χ0v) is 20.2. The maximum absolute atomic E-state index is 6.68. The second kappa shape index (κ2) is 9.10. The van der Waals surface area contributed by atoms with Crippen LogP contribution >= 0.6 is 6.04 Å². The summed E-state index contributed by atoms with van der Waals surface area (Å²) < 4.78 is 6.13. The van der Waals surface area contributed by atoms with Gasteiger partial charge in [0.05, 0.1) is 6.04 Å². The molecule has 0 unspecified atom stereocenters. The lowest BCUT2D eigenvalue weighted by atomic mass is 9.88. The third kappa shape index (κ3) is 4.68. The number of benzene rings is 3. The van der Waals surface area contributed by atoms with Gasteiger partial charge in [-0.25, -0.2) is 4.99 Å². The van der Waals surface area contributed by atoms with E-state index < -0.39 is 6.04 Å². The highest BCUT2D eigenvalue weighted by Crippen LogP contribution is 2.59. The average Bonchev–Trinajstić information content (AvgIpc) is 3.28. The number of nitrogens with zero attached hydrogens (tertiary/aromatic N) is 1. The molecule has 3 aromatic carbocycles. The highest BCUT2D eigenvalue weighted by Gasteiger charge is 2.37. The summed E-state index contributed by atoms with van der Waals surface area (Å²) in [6.45, 7) is 7.32. The first-order valence-electron chi connectivity index (χ1n) is 10.8. The first-order valence-corrected chi connectivity index (χ1v) is 13.7. The molecule has 0 radical (unpaired) electrons. The minimum Gasteiger partial charge on any atom is -0.479 e. The molecule has 0 N–H and O–H groups in total. The van der Waals surface area contributed by atoms with Crippen molar-refractivity contribution in [3.05, 3.63) is 96.6 Å². The molecule has 1 aliphatic heterocycles. The number of ether oxygens (including phenoxy) is 1. The summed E-state index contributed by atoms with van der Waals surface area (Å²) >= 11 is 6.68. The lowest BCUT2D eigenvalue weighted by Crippen LogP contribution is -2.25. The Labute approximate surface area is 191 Å². The Balaban J connectivity index is 1.84. The Morgan fingerprint density at radius 1 is 0.871 bits per heavy atom. The Morgan fingerprint density at radius 2 is 1.35 bits per heavy atom. The summed E-state index contributed by atoms with van der Waals surface area (Å²) in [6.07, 6.45) is 0.720. The fraction of sp³-hybridized carbons (Fsp3) is 0.296. The van der Waals surface area contributed by atoms with Crippen LogP contribution in [0.5, 0.6) is 0 Å². The molecule has 1 aliphatic rings. The van der Waals surface area contributed by atoms with Gasteiger partial charge in [-0.2, -0.15) is 0 Å². The standard InChI is InChI=1S/C27H30NOPS/c1-27(2,3)25-20-29-26(28-25)19-24(21-13-7-4-8-14-21)30(31,22-15-9-5-10-16-22)23-17-11-6-12-18-23/h4-18,24-25H,19-20H2,1-3H3/t24-,25-/m1/s1. The first-order chi connectivity index (χ1) is 14.9. The smallest absolute Gasteiger partial charge is 0.184 e. The molecule has 0 aliphatic carbocycles. The lowest BCUT2D eigenvalue weighted by Gasteiger charge is -2.33. The van der Waals surface area contributed by atoms with Crippen molar-refractivity contribution >= 4 is 34.4 Å². The van der Waals surface area contributed by atoms with Crippen molar-refractivity contribution in [3.8, 4) is 0 Å². The summed E-state index contributed by atoms with van der Waals surface area (Å²) in [6, 6.07) is 30.0. The normalized spacial score (nSPS) is 17.6. The van der Waals surface area contributed by atoms with E-state index in [1.807, 2.05) is 0 Å². The Hall–Kier alpha value is -2.22. The summed E-state index contributed by atoms with van der Waals surface area (Å²) in [4.78, 5) is 4.99. The van der Waals surface area contributed by atoms with Gasteiger partial charge in [0.15, 0.2) is 5.90 Å². The van der Waals surface area contributed by atoms with E-state index in [1.165, 1.54) is 16.2 Å². The van der Waals surface area contributed by atoms with Gasteiger partial charge in [-0.05, 0) is 21.6 Å². The van der Waals surface area contributed by atoms with Crippen molar-refractivity contribution in [2.24, 2.45) is 10.4 Å². The molecular weight excluding hydrogens is 417 g/mol. The first kappa shape index (κ1) is 22.0. The summed E-state index contributed by atoms with van der Waals surface area (Å²) in [7, 11) is 0. The van der Waals surface area contributed by atoms with Crippen LogP contribution in [0.2, 0.25) is 0 Å². The van der Waals surface area contributed by atoms with E-state index in [9.17, 15) is 0 Å². The molecule has 0 aromatic heterocycles. The molecule has 2 atom stereocenters. The number of aliphatic imine (C=N–C) groups is 1. The molecule has 2 nitrogen and oxygen atoms in total. The van der Waals surface area contributed by atoms with Gasteiger partial charge in [-0.15, -0.1) is 0 Å². The van der Waals surface area contributed by atoms with E-state index in [-0.39, 0.29) is 17.1 Å². The van der Waals surface area contributed by atoms with Gasteiger partial charge < -0.3 is 4.74 Å². The van der Waals surface area contributed by atoms with E-state index >= 15 is 0 Å². The molecule has 0 saturated heterocycles. The second-order valence-corrected chi connectivity index (χ2v) is 13.9. The third-order valence-electron chi connectivity index (χ3n) is 5.98. The van der Waals surface area contributed by atoms with Gasteiger partial charge in [0, 0.05) is 18.1 Å². The fourth-order valence-electron chi connectivity index (χ4n) is 4.08. The topological polar surface area (TPSA) is 21.6 Å². The van der Waals surface area contributed by atoms with Crippen LogP contribution in [0, 0.1) is 5.41 Å². The fourth-order valence-corrected chi connectivity index (χ4v) is 8.66. The van der Waals surface area contributed by atoms with Crippen LogP contribution in [0.25, 0.3) is 0 Å². The molecule has 4 rings (SSSR count). The van der Waals surface area contributed by atoms with Crippen LogP contribution in [0.3, 0.4) is 0 Å². The molecule has 0 fully saturated rings. The maximum atomic E-state index is 6.68. The molecule has 1 heterocycles. The molecule has 0 amide bonds. The van der Waals surface area contributed by atoms with Crippen molar-refractivity contribution in [3.63, 3.8) is 0 Å². The van der Waals surface area contributed by atoms with Crippen LogP contribution in [0.4, 0.5) is 0 Å². The van der Waals surface area contributed by atoms with E-state index in [0.717, 1.165) is 12.3 Å². The van der Waals surface area contributed by atoms with Crippen LogP contribution < -0.4 is 10.6 Å². The van der Waals surface area contributed by atoms with Crippen LogP contribution in [0.15, 0.2) is 96.0 Å². The Kier molecular flexibility index (Phi) is 6.46. The van der Waals surface area contributed by atoms with Gasteiger partial charge in [0.25, 0.3) is 0 Å². The van der Waals surface area contributed by atoms with Crippen LogP contribution in [0.1, 0.15) is 38.4 Å². The number of hydrogen-bond donors (Lipinski definition) is 0. The van der Waals surface area contributed by atoms with Gasteiger partial charge in [0.1, 0.15) is 6.61 Å². The van der Waals surface area contributed by atoms with Crippen LogP contribution in [-0.2, 0) is 16.5 Å². The minimum atomic E-state index is -2.20. The lowest BCUT2D eigenvalue weighted by molar-refractivity contribution is 0.233. The van der Waals surface area contributed by atoms with Gasteiger partial charge in [-0.3, -0.25) is 0 Å². The van der Waals surface area contributed by atoms with Crippen molar-refractivity contribution in [2.45, 2.75) is 38.9 Å². The molecule has 0 saturated carbocycles. The summed E-state index contributed by atoms with van der Waals surface area (Å²) in [5, 5.41) is 2.46. The molecule has 4 heteroatoms. The van der Waals surface area contributed by atoms with Crippen LogP contribution in [-0.4, -0.2) is 18.5 Å². The maximum Gasteiger partial charge on any atom is 0.184 e. The van der Waals surface area contributed by atoms with Crippen molar-refractivity contribution in [2.75, 3.05) is 6.61 Å². The molecular formula is C27H30NOPS.